The van der Waals surface area contributed by atoms with Crippen molar-refractivity contribution < 1.29 is 13.3 Å². The van der Waals surface area contributed by atoms with Crippen molar-refractivity contribution in [2.45, 2.75) is 11.8 Å². The highest BCUT2D eigenvalue weighted by molar-refractivity contribution is 14.1. The first-order valence-corrected chi connectivity index (χ1v) is 9.10. The van der Waals surface area contributed by atoms with Crippen molar-refractivity contribution in [3.8, 4) is 0 Å². The predicted octanol–water partition coefficient (Wildman–Crippen LogP) is 3.70. The maximum atomic E-state index is 12.9. The third kappa shape index (κ3) is 2.61. The lowest BCUT2D eigenvalue weighted by molar-refractivity contribution is -0.383. The Labute approximate surface area is 146 Å². The molecule has 0 N–H and O–H groups in total. The molecule has 0 unspecified atom stereocenters. The van der Waals surface area contributed by atoms with Gasteiger partial charge in [-0.1, -0.05) is 29.8 Å². The monoisotopic (exact) mass is 442 g/mol. The minimum atomic E-state index is -3.91. The minimum absolute atomic E-state index is 0.0856. The second kappa shape index (κ2) is 5.60. The summed E-state index contributed by atoms with van der Waals surface area (Å²) in [5, 5.41) is 11.8. The Morgan fingerprint density at radius 2 is 1.78 bits per heavy atom. The van der Waals surface area contributed by atoms with Gasteiger partial charge in [0, 0.05) is 21.2 Å². The number of aryl methyl sites for hydroxylation is 1. The quantitative estimate of drug-likeness (QED) is 0.352. The molecule has 8 heteroatoms. The number of hydrogen-bond donors (Lipinski definition) is 0. The van der Waals surface area contributed by atoms with Crippen LogP contribution < -0.4 is 0 Å². The molecular weight excluding hydrogens is 431 g/mol. The van der Waals surface area contributed by atoms with Crippen molar-refractivity contribution in [3.63, 3.8) is 0 Å². The second-order valence-corrected chi connectivity index (χ2v) is 8.00. The molecular formula is C15H11IN2O4S. The first-order valence-electron chi connectivity index (χ1n) is 6.58. The molecule has 0 amide bonds. The summed E-state index contributed by atoms with van der Waals surface area (Å²) in [4.78, 5) is 10.8. The standard InChI is InChI=1S/C15H11IN2O4S/c1-10-5-7-11(8-6-10)23(21,22)17-9-13(16)12-3-2-4-14(15(12)17)18(19)20/h2-9H,1H3. The largest absolute Gasteiger partial charge is 0.294 e. The fraction of sp³-hybridized carbons (Fsp3) is 0.0667. The van der Waals surface area contributed by atoms with Crippen LogP contribution in [0.4, 0.5) is 5.69 Å². The Bertz CT molecular complexity index is 1020. The zero-order valence-corrected chi connectivity index (χ0v) is 14.9. The Balaban J connectivity index is 2.36. The van der Waals surface area contributed by atoms with Crippen LogP contribution >= 0.6 is 22.6 Å². The molecule has 0 aliphatic heterocycles. The van der Waals surface area contributed by atoms with E-state index in [0.717, 1.165) is 9.54 Å². The van der Waals surface area contributed by atoms with Gasteiger partial charge in [-0.05, 0) is 41.6 Å². The van der Waals surface area contributed by atoms with Gasteiger partial charge in [0.15, 0.2) is 0 Å². The van der Waals surface area contributed by atoms with Crippen LogP contribution in [0.1, 0.15) is 5.56 Å². The SMILES string of the molecule is Cc1ccc(S(=O)(=O)n2cc(I)c3cccc([N+](=O)[O-])c32)cc1. The zero-order chi connectivity index (χ0) is 16.8. The lowest BCUT2D eigenvalue weighted by Gasteiger charge is -2.08. The van der Waals surface area contributed by atoms with Gasteiger partial charge in [-0.3, -0.25) is 10.1 Å². The number of aromatic nitrogens is 1. The number of hydrogen-bond acceptors (Lipinski definition) is 4. The van der Waals surface area contributed by atoms with Crippen LogP contribution in [0.25, 0.3) is 10.9 Å². The maximum absolute atomic E-state index is 12.9. The van der Waals surface area contributed by atoms with E-state index in [9.17, 15) is 18.5 Å². The van der Waals surface area contributed by atoms with Gasteiger partial charge in [-0.2, -0.15) is 0 Å². The normalized spacial score (nSPS) is 11.7. The molecule has 1 aromatic heterocycles. The third-order valence-corrected chi connectivity index (χ3v) is 6.03. The number of para-hydroxylation sites is 1. The summed E-state index contributed by atoms with van der Waals surface area (Å²) in [6, 6.07) is 10.9. The maximum Gasteiger partial charge on any atom is 0.294 e. The molecule has 0 saturated carbocycles. The molecule has 23 heavy (non-hydrogen) atoms. The number of nitro benzene ring substituents is 1. The van der Waals surface area contributed by atoms with Gasteiger partial charge < -0.3 is 0 Å². The van der Waals surface area contributed by atoms with Crippen LogP contribution in [0.2, 0.25) is 0 Å². The average molecular weight is 442 g/mol. The van der Waals surface area contributed by atoms with E-state index in [1.54, 1.807) is 24.3 Å². The molecule has 0 atom stereocenters. The molecule has 1 heterocycles. The van der Waals surface area contributed by atoms with Crippen molar-refractivity contribution in [2.24, 2.45) is 0 Å². The van der Waals surface area contributed by atoms with Crippen LogP contribution in [0.5, 0.6) is 0 Å². The average Bonchev–Trinajstić information content (AvgIpc) is 2.86. The first-order chi connectivity index (χ1) is 10.8. The molecule has 0 fully saturated rings. The van der Waals surface area contributed by atoms with Crippen molar-refractivity contribution in [2.75, 3.05) is 0 Å². The molecule has 0 saturated heterocycles. The summed E-state index contributed by atoms with van der Waals surface area (Å²) < 4.78 is 27.4. The second-order valence-electron chi connectivity index (χ2n) is 5.02. The van der Waals surface area contributed by atoms with Crippen LogP contribution in [-0.4, -0.2) is 17.3 Å². The van der Waals surface area contributed by atoms with E-state index in [1.807, 2.05) is 29.5 Å². The molecule has 0 bridgehead atoms. The van der Waals surface area contributed by atoms with Crippen molar-refractivity contribution in [3.05, 3.63) is 67.9 Å². The van der Waals surface area contributed by atoms with E-state index in [1.165, 1.54) is 24.4 Å². The third-order valence-electron chi connectivity index (χ3n) is 3.50. The number of non-ortho nitro benzene ring substituents is 1. The van der Waals surface area contributed by atoms with Crippen molar-refractivity contribution in [1.82, 2.24) is 3.97 Å². The summed E-state index contributed by atoms with van der Waals surface area (Å²) in [6.07, 6.45) is 1.41. The van der Waals surface area contributed by atoms with E-state index < -0.39 is 14.9 Å². The van der Waals surface area contributed by atoms with Gasteiger partial charge in [0.05, 0.1) is 9.82 Å². The van der Waals surface area contributed by atoms with Gasteiger partial charge in [0.2, 0.25) is 0 Å². The van der Waals surface area contributed by atoms with E-state index in [0.29, 0.717) is 8.96 Å². The van der Waals surface area contributed by atoms with Crippen molar-refractivity contribution in [1.29, 1.82) is 0 Å². The minimum Gasteiger partial charge on any atom is -0.258 e. The number of rotatable bonds is 3. The number of nitro groups is 1. The van der Waals surface area contributed by atoms with Gasteiger partial charge in [0.1, 0.15) is 5.52 Å². The summed E-state index contributed by atoms with van der Waals surface area (Å²) in [5.74, 6) is 0. The zero-order valence-electron chi connectivity index (χ0n) is 11.9. The summed E-state index contributed by atoms with van der Waals surface area (Å²) in [6.45, 7) is 1.86. The molecule has 118 valence electrons. The Kier molecular flexibility index (Phi) is 3.88. The highest BCUT2D eigenvalue weighted by Crippen LogP contribution is 2.33. The fourth-order valence-corrected chi connectivity index (χ4v) is 4.64. The fourth-order valence-electron chi connectivity index (χ4n) is 2.35. The molecule has 0 radical (unpaired) electrons. The molecule has 0 aliphatic carbocycles. The van der Waals surface area contributed by atoms with E-state index in [2.05, 4.69) is 0 Å². The molecule has 2 aromatic carbocycles. The van der Waals surface area contributed by atoms with E-state index in [4.69, 9.17) is 0 Å². The highest BCUT2D eigenvalue weighted by atomic mass is 127. The Morgan fingerprint density at radius 1 is 1.13 bits per heavy atom. The summed E-state index contributed by atoms with van der Waals surface area (Å²) in [5.41, 5.74) is 0.783. The van der Waals surface area contributed by atoms with Crippen molar-refractivity contribution >= 4 is 49.2 Å². The van der Waals surface area contributed by atoms with Crippen LogP contribution in [0, 0.1) is 20.6 Å². The summed E-state index contributed by atoms with van der Waals surface area (Å²) in [7, 11) is -3.91. The van der Waals surface area contributed by atoms with E-state index in [-0.39, 0.29) is 16.1 Å². The Morgan fingerprint density at radius 3 is 2.39 bits per heavy atom. The van der Waals surface area contributed by atoms with Crippen LogP contribution in [0.15, 0.2) is 53.6 Å². The molecule has 3 aromatic rings. The first kappa shape index (κ1) is 15.9. The van der Waals surface area contributed by atoms with Gasteiger partial charge in [-0.25, -0.2) is 12.4 Å². The lowest BCUT2D eigenvalue weighted by Crippen LogP contribution is -2.12. The molecule has 6 nitrogen and oxygen atoms in total. The van der Waals surface area contributed by atoms with E-state index >= 15 is 0 Å². The van der Waals surface area contributed by atoms with Crippen LogP contribution in [0.3, 0.4) is 0 Å². The molecule has 0 spiro atoms. The van der Waals surface area contributed by atoms with Gasteiger partial charge >= 0.3 is 0 Å². The number of fused-ring (bicyclic) bond motifs is 1. The highest BCUT2D eigenvalue weighted by Gasteiger charge is 2.26. The number of benzene rings is 2. The molecule has 3 rings (SSSR count). The molecule has 0 aliphatic rings. The van der Waals surface area contributed by atoms with Gasteiger partial charge in [-0.15, -0.1) is 0 Å². The number of halogens is 1. The Hall–Kier alpha value is -1.94. The smallest absolute Gasteiger partial charge is 0.258 e. The van der Waals surface area contributed by atoms with Crippen LogP contribution in [-0.2, 0) is 10.0 Å². The summed E-state index contributed by atoms with van der Waals surface area (Å²) >= 11 is 1.98. The number of nitrogens with zero attached hydrogens (tertiary/aromatic N) is 2. The lowest BCUT2D eigenvalue weighted by atomic mass is 10.2. The van der Waals surface area contributed by atoms with Gasteiger partial charge in [0.25, 0.3) is 15.7 Å². The predicted molar refractivity (Wildman–Crippen MR) is 95.1 cm³/mol. The topological polar surface area (TPSA) is 82.2 Å².